The number of carbonyl (C=O) groups is 1. The van der Waals surface area contributed by atoms with E-state index in [2.05, 4.69) is 11.1 Å². The number of aryl methyl sites for hydroxylation is 2. The number of rotatable bonds is 3. The van der Waals surface area contributed by atoms with Crippen LogP contribution in [0.4, 0.5) is 0 Å². The molecule has 0 saturated heterocycles. The van der Waals surface area contributed by atoms with Crippen LogP contribution in [0, 0.1) is 6.92 Å². The van der Waals surface area contributed by atoms with Gasteiger partial charge >= 0.3 is 0 Å². The molecule has 0 aliphatic rings. The van der Waals surface area contributed by atoms with Crippen molar-refractivity contribution in [1.29, 1.82) is 0 Å². The van der Waals surface area contributed by atoms with Crippen LogP contribution in [0.5, 0.6) is 0 Å². The summed E-state index contributed by atoms with van der Waals surface area (Å²) in [4.78, 5) is 17.4. The van der Waals surface area contributed by atoms with Crippen LogP contribution in [0.15, 0.2) is 52.4 Å². The van der Waals surface area contributed by atoms with Gasteiger partial charge in [0.25, 0.3) is 5.91 Å². The first-order valence-corrected chi connectivity index (χ1v) is 10.4. The van der Waals surface area contributed by atoms with E-state index < -0.39 is 9.84 Å². The minimum Gasteiger partial charge on any atom is -0.319 e. The number of thiazole rings is 1. The summed E-state index contributed by atoms with van der Waals surface area (Å²) in [7, 11) is -1.34. The van der Waals surface area contributed by atoms with Gasteiger partial charge in [-0.1, -0.05) is 29.5 Å². The lowest BCUT2D eigenvalue weighted by molar-refractivity contribution is -0.117. The van der Waals surface area contributed by atoms with E-state index in [0.717, 1.165) is 27.6 Å². The largest absolute Gasteiger partial charge is 0.319 e. The number of hydrogen-bond donors (Lipinski definition) is 0. The maximum absolute atomic E-state index is 12.3. The highest BCUT2D eigenvalue weighted by atomic mass is 32.2. The summed E-state index contributed by atoms with van der Waals surface area (Å²) in [6, 6.07) is 12.5. The zero-order valence-corrected chi connectivity index (χ0v) is 15.8. The average Bonchev–Trinajstić information content (AvgIpc) is 2.82. The molecule has 7 heteroatoms. The van der Waals surface area contributed by atoms with Gasteiger partial charge < -0.3 is 4.57 Å². The van der Waals surface area contributed by atoms with Crippen LogP contribution in [0.25, 0.3) is 10.2 Å². The van der Waals surface area contributed by atoms with Crippen LogP contribution < -0.4 is 4.80 Å². The molecule has 0 aliphatic heterocycles. The molecule has 25 heavy (non-hydrogen) atoms. The lowest BCUT2D eigenvalue weighted by atomic mass is 10.1. The van der Waals surface area contributed by atoms with Crippen molar-refractivity contribution < 1.29 is 13.2 Å². The molecule has 2 aromatic carbocycles. The van der Waals surface area contributed by atoms with Crippen molar-refractivity contribution in [2.45, 2.75) is 18.2 Å². The van der Waals surface area contributed by atoms with E-state index in [0.29, 0.717) is 4.80 Å². The molecule has 0 bridgehead atoms. The van der Waals surface area contributed by atoms with Gasteiger partial charge in [0.05, 0.1) is 21.5 Å². The molecule has 0 saturated carbocycles. The molecule has 0 atom stereocenters. The average molecular weight is 374 g/mol. The van der Waals surface area contributed by atoms with E-state index in [-0.39, 0.29) is 17.2 Å². The second-order valence-corrected chi connectivity index (χ2v) is 9.04. The first-order valence-electron chi connectivity index (χ1n) is 7.67. The van der Waals surface area contributed by atoms with Crippen LogP contribution in [-0.2, 0) is 28.1 Å². The topological polar surface area (TPSA) is 68.5 Å². The van der Waals surface area contributed by atoms with E-state index in [1.807, 2.05) is 30.7 Å². The molecule has 0 spiro atoms. The van der Waals surface area contributed by atoms with Crippen molar-refractivity contribution >= 4 is 37.3 Å². The predicted octanol–water partition coefficient (Wildman–Crippen LogP) is 2.62. The van der Waals surface area contributed by atoms with Gasteiger partial charge in [0.2, 0.25) is 0 Å². The molecule has 0 N–H and O–H groups in total. The Morgan fingerprint density at radius 2 is 1.84 bits per heavy atom. The van der Waals surface area contributed by atoms with Crippen LogP contribution in [0.1, 0.15) is 11.1 Å². The number of fused-ring (bicyclic) bond motifs is 1. The van der Waals surface area contributed by atoms with Crippen molar-refractivity contribution in [3.63, 3.8) is 0 Å². The van der Waals surface area contributed by atoms with Gasteiger partial charge in [-0.3, -0.25) is 4.79 Å². The first-order chi connectivity index (χ1) is 11.7. The summed E-state index contributed by atoms with van der Waals surface area (Å²) in [5, 5.41) is 0. The Kier molecular flexibility index (Phi) is 4.62. The van der Waals surface area contributed by atoms with Gasteiger partial charge in [-0.15, -0.1) is 0 Å². The molecule has 3 aromatic rings. The fourth-order valence-electron chi connectivity index (χ4n) is 2.52. The summed E-state index contributed by atoms with van der Waals surface area (Å²) in [5.41, 5.74) is 2.94. The maximum Gasteiger partial charge on any atom is 0.252 e. The van der Waals surface area contributed by atoms with E-state index >= 15 is 0 Å². The van der Waals surface area contributed by atoms with E-state index in [4.69, 9.17) is 0 Å². The highest BCUT2D eigenvalue weighted by molar-refractivity contribution is 7.90. The molecule has 0 unspecified atom stereocenters. The highest BCUT2D eigenvalue weighted by Gasteiger charge is 2.09. The Morgan fingerprint density at radius 3 is 2.48 bits per heavy atom. The fraction of sp³-hybridized carbons (Fsp3) is 0.222. The van der Waals surface area contributed by atoms with Gasteiger partial charge in [0.1, 0.15) is 0 Å². The highest BCUT2D eigenvalue weighted by Crippen LogP contribution is 2.18. The van der Waals surface area contributed by atoms with Crippen LogP contribution >= 0.6 is 11.3 Å². The number of amides is 1. The van der Waals surface area contributed by atoms with Gasteiger partial charge in [-0.25, -0.2) is 8.42 Å². The van der Waals surface area contributed by atoms with Crippen molar-refractivity contribution in [3.8, 4) is 0 Å². The summed E-state index contributed by atoms with van der Waals surface area (Å²) in [5.74, 6) is -0.258. The number of carbonyl (C=O) groups excluding carboxylic acids is 1. The quantitative estimate of drug-likeness (QED) is 0.708. The molecule has 5 nitrogen and oxygen atoms in total. The molecule has 1 amide bonds. The standard InChI is InChI=1S/C18H18N2O3S2/c1-12-4-9-15-16(10-12)24-18(20(15)2)19-17(21)11-13-5-7-14(8-6-13)25(3,22)23/h4-10H,11H2,1-3H3. The number of aromatic nitrogens is 1. The van der Waals surface area contributed by atoms with Crippen LogP contribution in [0.3, 0.4) is 0 Å². The van der Waals surface area contributed by atoms with Crippen molar-refractivity contribution in [2.24, 2.45) is 12.0 Å². The molecule has 1 aromatic heterocycles. The fourth-order valence-corrected chi connectivity index (χ4v) is 4.29. The zero-order valence-electron chi connectivity index (χ0n) is 14.2. The lowest BCUT2D eigenvalue weighted by Gasteiger charge is -2.00. The smallest absolute Gasteiger partial charge is 0.252 e. The molecule has 3 rings (SSSR count). The van der Waals surface area contributed by atoms with Crippen molar-refractivity contribution in [2.75, 3.05) is 6.26 Å². The van der Waals surface area contributed by atoms with Crippen molar-refractivity contribution in [1.82, 2.24) is 4.57 Å². The summed E-state index contributed by atoms with van der Waals surface area (Å²) in [6.45, 7) is 2.03. The third kappa shape index (κ3) is 3.88. The lowest BCUT2D eigenvalue weighted by Crippen LogP contribution is -2.14. The van der Waals surface area contributed by atoms with Gasteiger partial charge in [0.15, 0.2) is 14.6 Å². The molecule has 0 aliphatic carbocycles. The Bertz CT molecular complexity index is 1120. The zero-order chi connectivity index (χ0) is 18.2. The van der Waals surface area contributed by atoms with Gasteiger partial charge in [-0.2, -0.15) is 4.99 Å². The Hall–Kier alpha value is -2.25. The molecule has 0 fully saturated rings. The summed E-state index contributed by atoms with van der Waals surface area (Å²) in [6.07, 6.45) is 1.29. The number of sulfone groups is 1. The number of nitrogens with zero attached hydrogens (tertiary/aromatic N) is 2. The summed E-state index contributed by atoms with van der Waals surface area (Å²) < 4.78 is 25.9. The van der Waals surface area contributed by atoms with Crippen molar-refractivity contribution in [3.05, 3.63) is 58.4 Å². The maximum atomic E-state index is 12.3. The minimum absolute atomic E-state index is 0.136. The first kappa shape index (κ1) is 17.6. The second kappa shape index (κ2) is 6.57. The minimum atomic E-state index is -3.23. The SMILES string of the molecule is Cc1ccc2c(c1)sc(=NC(=O)Cc1ccc(S(C)(=O)=O)cc1)n2C. The monoisotopic (exact) mass is 374 g/mol. The van der Waals surface area contributed by atoms with Gasteiger partial charge in [-0.05, 0) is 42.3 Å². The van der Waals surface area contributed by atoms with Gasteiger partial charge in [0, 0.05) is 13.3 Å². The molecular formula is C18H18N2O3S2. The van der Waals surface area contributed by atoms with E-state index in [1.165, 1.54) is 23.5 Å². The third-order valence-electron chi connectivity index (χ3n) is 3.89. The van der Waals surface area contributed by atoms with E-state index in [1.54, 1.807) is 12.1 Å². The van der Waals surface area contributed by atoms with E-state index in [9.17, 15) is 13.2 Å². The molecule has 0 radical (unpaired) electrons. The number of benzene rings is 2. The third-order valence-corrected chi connectivity index (χ3v) is 6.12. The number of hydrogen-bond acceptors (Lipinski definition) is 4. The van der Waals surface area contributed by atoms with Crippen LogP contribution in [-0.4, -0.2) is 25.1 Å². The summed E-state index contributed by atoms with van der Waals surface area (Å²) >= 11 is 1.48. The van der Waals surface area contributed by atoms with Crippen LogP contribution in [0.2, 0.25) is 0 Å². The predicted molar refractivity (Wildman–Crippen MR) is 99.4 cm³/mol. The Labute approximate surface area is 150 Å². The normalized spacial score (nSPS) is 12.7. The Morgan fingerprint density at radius 1 is 1.16 bits per heavy atom. The Balaban J connectivity index is 1.87. The molecule has 130 valence electrons. The second-order valence-electron chi connectivity index (χ2n) is 6.01. The molecule has 1 heterocycles. The molecular weight excluding hydrogens is 356 g/mol.